The van der Waals surface area contributed by atoms with E-state index in [1.54, 1.807) is 54.7 Å². The van der Waals surface area contributed by atoms with Crippen LogP contribution in [0.1, 0.15) is 21.6 Å². The van der Waals surface area contributed by atoms with Crippen LogP contribution in [0.2, 0.25) is 15.1 Å². The molecule has 0 atom stereocenters. The molecule has 27 heavy (non-hydrogen) atoms. The largest absolute Gasteiger partial charge is 0.486 e. The number of pyridine rings is 1. The first kappa shape index (κ1) is 19.5. The first-order valence-electron chi connectivity index (χ1n) is 8.04. The summed E-state index contributed by atoms with van der Waals surface area (Å²) in [5.41, 5.74) is 2.31. The number of amides is 1. The number of ether oxygens (including phenoxy) is 1. The molecule has 138 valence electrons. The van der Waals surface area contributed by atoms with Crippen LogP contribution >= 0.6 is 34.8 Å². The van der Waals surface area contributed by atoms with E-state index in [0.29, 0.717) is 37.8 Å². The normalized spacial score (nSPS) is 10.5. The van der Waals surface area contributed by atoms with Crippen LogP contribution < -0.4 is 10.1 Å². The molecule has 1 heterocycles. The Morgan fingerprint density at radius 2 is 1.89 bits per heavy atom. The van der Waals surface area contributed by atoms with Gasteiger partial charge in [0.2, 0.25) is 0 Å². The molecule has 1 aromatic heterocycles. The summed E-state index contributed by atoms with van der Waals surface area (Å²) in [6.45, 7) is 1.91. The topological polar surface area (TPSA) is 51.2 Å². The number of anilines is 1. The molecule has 0 aliphatic heterocycles. The number of benzene rings is 2. The van der Waals surface area contributed by atoms with Gasteiger partial charge in [0.25, 0.3) is 5.91 Å². The molecule has 0 radical (unpaired) electrons. The van der Waals surface area contributed by atoms with Crippen LogP contribution in [0, 0.1) is 6.92 Å². The SMILES string of the molecule is Cc1c(Cl)cccc1NC(=O)c1cccnc1COc1cc(Cl)ccc1Cl. The lowest BCUT2D eigenvalue weighted by Crippen LogP contribution is -2.17. The van der Waals surface area contributed by atoms with E-state index in [2.05, 4.69) is 10.3 Å². The first-order chi connectivity index (χ1) is 13.0. The molecule has 4 nitrogen and oxygen atoms in total. The number of nitrogens with one attached hydrogen (secondary N) is 1. The number of nitrogens with zero attached hydrogens (tertiary/aromatic N) is 1. The Bertz CT molecular complexity index is 993. The average molecular weight is 422 g/mol. The zero-order valence-corrected chi connectivity index (χ0v) is 16.6. The van der Waals surface area contributed by atoms with Gasteiger partial charge in [0.1, 0.15) is 12.4 Å². The summed E-state index contributed by atoms with van der Waals surface area (Å²) < 4.78 is 5.71. The van der Waals surface area contributed by atoms with E-state index in [1.165, 1.54) is 0 Å². The smallest absolute Gasteiger partial charge is 0.257 e. The van der Waals surface area contributed by atoms with Crippen molar-refractivity contribution in [3.05, 3.63) is 86.6 Å². The Labute approximate surface area is 172 Å². The van der Waals surface area contributed by atoms with Gasteiger partial charge in [0.15, 0.2) is 0 Å². The summed E-state index contributed by atoms with van der Waals surface area (Å²) in [5, 5.41) is 4.37. The van der Waals surface area contributed by atoms with E-state index in [-0.39, 0.29) is 12.5 Å². The number of halogens is 3. The van der Waals surface area contributed by atoms with E-state index in [1.807, 2.05) is 6.92 Å². The third kappa shape index (κ3) is 4.72. The van der Waals surface area contributed by atoms with Crippen LogP contribution in [0.4, 0.5) is 5.69 Å². The Hall–Kier alpha value is -2.27. The lowest BCUT2D eigenvalue weighted by Gasteiger charge is -2.13. The fourth-order valence-corrected chi connectivity index (χ4v) is 2.93. The molecule has 1 N–H and O–H groups in total. The highest BCUT2D eigenvalue weighted by molar-refractivity contribution is 6.34. The van der Waals surface area contributed by atoms with Gasteiger partial charge in [0.05, 0.1) is 16.3 Å². The van der Waals surface area contributed by atoms with Crippen LogP contribution in [-0.2, 0) is 6.61 Å². The van der Waals surface area contributed by atoms with Gasteiger partial charge in [-0.1, -0.05) is 40.9 Å². The molecule has 0 aliphatic rings. The molecule has 1 amide bonds. The summed E-state index contributed by atoms with van der Waals surface area (Å²) >= 11 is 18.2. The quantitative estimate of drug-likeness (QED) is 0.535. The minimum atomic E-state index is -0.302. The van der Waals surface area contributed by atoms with Crippen LogP contribution in [0.25, 0.3) is 0 Å². The van der Waals surface area contributed by atoms with Gasteiger partial charge in [-0.05, 0) is 48.9 Å². The maximum Gasteiger partial charge on any atom is 0.257 e. The second-order valence-electron chi connectivity index (χ2n) is 5.73. The lowest BCUT2D eigenvalue weighted by atomic mass is 10.1. The Morgan fingerprint density at radius 3 is 2.70 bits per heavy atom. The molecule has 0 aliphatic carbocycles. The van der Waals surface area contributed by atoms with Gasteiger partial charge in [-0.15, -0.1) is 0 Å². The maximum atomic E-state index is 12.7. The van der Waals surface area contributed by atoms with Crippen molar-refractivity contribution >= 4 is 46.4 Å². The molecule has 3 aromatic rings. The van der Waals surface area contributed by atoms with Crippen molar-refractivity contribution in [3.63, 3.8) is 0 Å². The van der Waals surface area contributed by atoms with Gasteiger partial charge in [-0.3, -0.25) is 9.78 Å². The molecule has 0 saturated carbocycles. The molecule has 7 heteroatoms. The highest BCUT2D eigenvalue weighted by Gasteiger charge is 2.15. The zero-order chi connectivity index (χ0) is 19.4. The predicted octanol–water partition coefficient (Wildman–Crippen LogP) is 6.18. The molecule has 0 fully saturated rings. The van der Waals surface area contributed by atoms with Crippen molar-refractivity contribution in [1.29, 1.82) is 0 Å². The number of rotatable bonds is 5. The standard InChI is InChI=1S/C20H15Cl3N2O2/c1-12-15(22)5-2-6-17(12)25-20(26)14-4-3-9-24-18(14)11-27-19-10-13(21)7-8-16(19)23/h2-10H,11H2,1H3,(H,25,26). The minimum Gasteiger partial charge on any atom is -0.486 e. The fraction of sp³-hybridized carbons (Fsp3) is 0.100. The van der Waals surface area contributed by atoms with E-state index < -0.39 is 0 Å². The first-order valence-corrected chi connectivity index (χ1v) is 9.17. The number of carbonyl (C=O) groups excluding carboxylic acids is 1. The van der Waals surface area contributed by atoms with Crippen LogP contribution in [0.3, 0.4) is 0 Å². The summed E-state index contributed by atoms with van der Waals surface area (Å²) in [6, 6.07) is 13.6. The Balaban J connectivity index is 1.80. The van der Waals surface area contributed by atoms with E-state index in [0.717, 1.165) is 5.56 Å². The second kappa shape index (κ2) is 8.61. The number of aromatic nitrogens is 1. The Morgan fingerprint density at radius 1 is 1.07 bits per heavy atom. The summed E-state index contributed by atoms with van der Waals surface area (Å²) in [4.78, 5) is 17.0. The van der Waals surface area contributed by atoms with Crippen LogP contribution in [0.5, 0.6) is 5.75 Å². The number of carbonyl (C=O) groups is 1. The molecule has 3 rings (SSSR count). The fourth-order valence-electron chi connectivity index (χ4n) is 2.43. The van der Waals surface area contributed by atoms with E-state index in [9.17, 15) is 4.79 Å². The van der Waals surface area contributed by atoms with Gasteiger partial charge in [-0.2, -0.15) is 0 Å². The third-order valence-corrected chi connectivity index (χ3v) is 4.87. The number of hydrogen-bond donors (Lipinski definition) is 1. The molecular formula is C20H15Cl3N2O2. The van der Waals surface area contributed by atoms with Crippen LogP contribution in [0.15, 0.2) is 54.7 Å². The van der Waals surface area contributed by atoms with Crippen molar-refractivity contribution < 1.29 is 9.53 Å². The van der Waals surface area contributed by atoms with Crippen molar-refractivity contribution in [2.24, 2.45) is 0 Å². The van der Waals surface area contributed by atoms with E-state index in [4.69, 9.17) is 39.5 Å². The summed E-state index contributed by atoms with van der Waals surface area (Å²) in [7, 11) is 0. The van der Waals surface area contributed by atoms with Crippen molar-refractivity contribution in [1.82, 2.24) is 4.98 Å². The molecule has 0 saturated heterocycles. The second-order valence-corrected chi connectivity index (χ2v) is 6.98. The molecule has 0 unspecified atom stereocenters. The van der Waals surface area contributed by atoms with Gasteiger partial charge in [-0.25, -0.2) is 0 Å². The summed E-state index contributed by atoms with van der Waals surface area (Å²) in [6.07, 6.45) is 1.60. The Kier molecular flexibility index (Phi) is 6.22. The molecule has 0 bridgehead atoms. The van der Waals surface area contributed by atoms with Gasteiger partial charge >= 0.3 is 0 Å². The lowest BCUT2D eigenvalue weighted by molar-refractivity contribution is 0.102. The highest BCUT2D eigenvalue weighted by Crippen LogP contribution is 2.29. The van der Waals surface area contributed by atoms with Crippen LogP contribution in [-0.4, -0.2) is 10.9 Å². The predicted molar refractivity (Wildman–Crippen MR) is 109 cm³/mol. The maximum absolute atomic E-state index is 12.7. The molecular weight excluding hydrogens is 407 g/mol. The average Bonchev–Trinajstić information content (AvgIpc) is 2.66. The summed E-state index contributed by atoms with van der Waals surface area (Å²) in [5.74, 6) is 0.121. The zero-order valence-electron chi connectivity index (χ0n) is 14.3. The van der Waals surface area contributed by atoms with Gasteiger partial charge < -0.3 is 10.1 Å². The van der Waals surface area contributed by atoms with Gasteiger partial charge in [0, 0.05) is 28.0 Å². The van der Waals surface area contributed by atoms with Crippen molar-refractivity contribution in [2.75, 3.05) is 5.32 Å². The highest BCUT2D eigenvalue weighted by atomic mass is 35.5. The van der Waals surface area contributed by atoms with Crippen molar-refractivity contribution in [3.8, 4) is 5.75 Å². The van der Waals surface area contributed by atoms with Crippen molar-refractivity contribution in [2.45, 2.75) is 13.5 Å². The monoisotopic (exact) mass is 420 g/mol. The molecule has 0 spiro atoms. The minimum absolute atomic E-state index is 0.0676. The molecule has 2 aromatic carbocycles. The van der Waals surface area contributed by atoms with E-state index >= 15 is 0 Å². The third-order valence-electron chi connectivity index (χ3n) is 3.91. The number of hydrogen-bond acceptors (Lipinski definition) is 3.